The number of carbonyl (C=O) groups excluding carboxylic acids is 1. The van der Waals surface area contributed by atoms with Gasteiger partial charge in [0.2, 0.25) is 0 Å². The van der Waals surface area contributed by atoms with Crippen molar-refractivity contribution in [1.29, 1.82) is 0 Å². The van der Waals surface area contributed by atoms with Crippen molar-refractivity contribution in [2.75, 3.05) is 74.3 Å². The van der Waals surface area contributed by atoms with Crippen molar-refractivity contribution in [3.05, 3.63) is 42.0 Å². The zero-order chi connectivity index (χ0) is 23.3. The molecule has 0 amide bonds. The number of carboxylic acids is 1. The standard InChI is InChI=1S/C23H31N5O4/c1-4-32-23(31)18-8-9-19(21(24)22(18)26(2)3)25-16-6-5-7-17(14-16)28-12-10-27(11-13-28)15-20(29)30/h5-9,14,25H,4,10-13,15,24H2,1-3H3,(H,29,30). The second kappa shape index (κ2) is 10.2. The molecule has 0 aliphatic carbocycles. The van der Waals surface area contributed by atoms with Crippen LogP contribution in [0.4, 0.5) is 28.4 Å². The third-order valence-electron chi connectivity index (χ3n) is 5.38. The highest BCUT2D eigenvalue weighted by Crippen LogP contribution is 2.36. The van der Waals surface area contributed by atoms with Crippen LogP contribution in [-0.4, -0.2) is 75.4 Å². The van der Waals surface area contributed by atoms with Crippen LogP contribution in [-0.2, 0) is 9.53 Å². The summed E-state index contributed by atoms with van der Waals surface area (Å²) in [6.07, 6.45) is 0. The minimum absolute atomic E-state index is 0.0741. The first-order valence-electron chi connectivity index (χ1n) is 10.6. The number of piperazine rings is 1. The Hall–Kier alpha value is -3.46. The van der Waals surface area contributed by atoms with Crippen LogP contribution < -0.4 is 20.9 Å². The smallest absolute Gasteiger partial charge is 0.340 e. The lowest BCUT2D eigenvalue weighted by Crippen LogP contribution is -2.47. The monoisotopic (exact) mass is 441 g/mol. The van der Waals surface area contributed by atoms with Crippen molar-refractivity contribution >= 4 is 40.4 Å². The number of anilines is 5. The normalized spacial score (nSPS) is 14.2. The molecule has 9 heteroatoms. The van der Waals surface area contributed by atoms with Gasteiger partial charge < -0.3 is 30.7 Å². The summed E-state index contributed by atoms with van der Waals surface area (Å²) in [6, 6.07) is 11.5. The van der Waals surface area contributed by atoms with Crippen LogP contribution in [0.5, 0.6) is 0 Å². The van der Waals surface area contributed by atoms with Gasteiger partial charge in [-0.15, -0.1) is 0 Å². The predicted molar refractivity (Wildman–Crippen MR) is 127 cm³/mol. The van der Waals surface area contributed by atoms with E-state index in [0.29, 0.717) is 42.3 Å². The topological polar surface area (TPSA) is 111 Å². The summed E-state index contributed by atoms with van der Waals surface area (Å²) in [5.41, 5.74) is 10.6. The fraction of sp³-hybridized carbons (Fsp3) is 0.391. The quantitative estimate of drug-likeness (QED) is 0.420. The number of hydrogen-bond donors (Lipinski definition) is 3. The molecule has 0 aromatic heterocycles. The van der Waals surface area contributed by atoms with Gasteiger partial charge >= 0.3 is 11.9 Å². The van der Waals surface area contributed by atoms with Crippen molar-refractivity contribution < 1.29 is 19.4 Å². The molecule has 0 saturated carbocycles. The molecule has 0 radical (unpaired) electrons. The number of esters is 1. The number of benzene rings is 2. The molecule has 2 aromatic carbocycles. The highest BCUT2D eigenvalue weighted by Gasteiger charge is 2.21. The van der Waals surface area contributed by atoms with E-state index in [1.54, 1.807) is 24.0 Å². The fourth-order valence-electron chi connectivity index (χ4n) is 3.86. The van der Waals surface area contributed by atoms with Gasteiger partial charge in [-0.25, -0.2) is 4.79 Å². The summed E-state index contributed by atoms with van der Waals surface area (Å²) in [5.74, 6) is -1.20. The summed E-state index contributed by atoms with van der Waals surface area (Å²) in [6.45, 7) is 5.08. The number of nitrogens with zero attached hydrogens (tertiary/aromatic N) is 3. The van der Waals surface area contributed by atoms with Crippen molar-refractivity contribution in [2.45, 2.75) is 6.92 Å². The van der Waals surface area contributed by atoms with Crippen molar-refractivity contribution in [2.24, 2.45) is 0 Å². The van der Waals surface area contributed by atoms with E-state index in [0.717, 1.165) is 24.5 Å². The second-order valence-corrected chi connectivity index (χ2v) is 7.87. The molecule has 9 nitrogen and oxygen atoms in total. The average Bonchev–Trinajstić information content (AvgIpc) is 2.75. The Morgan fingerprint density at radius 3 is 2.50 bits per heavy atom. The van der Waals surface area contributed by atoms with Gasteiger partial charge in [0.25, 0.3) is 0 Å². The Morgan fingerprint density at radius 2 is 1.88 bits per heavy atom. The zero-order valence-corrected chi connectivity index (χ0v) is 18.8. The summed E-state index contributed by atoms with van der Waals surface area (Å²) < 4.78 is 5.16. The maximum atomic E-state index is 12.3. The lowest BCUT2D eigenvalue weighted by Gasteiger charge is -2.35. The molecule has 1 aliphatic heterocycles. The summed E-state index contributed by atoms with van der Waals surface area (Å²) in [4.78, 5) is 29.2. The first kappa shape index (κ1) is 23.2. The second-order valence-electron chi connectivity index (χ2n) is 7.87. The fourth-order valence-corrected chi connectivity index (χ4v) is 3.86. The van der Waals surface area contributed by atoms with Crippen molar-refractivity contribution in [3.8, 4) is 0 Å². The molecule has 0 unspecified atom stereocenters. The average molecular weight is 442 g/mol. The van der Waals surface area contributed by atoms with Crippen LogP contribution in [0.2, 0.25) is 0 Å². The van der Waals surface area contributed by atoms with E-state index < -0.39 is 11.9 Å². The largest absolute Gasteiger partial charge is 0.480 e. The Kier molecular flexibility index (Phi) is 7.42. The molecular weight excluding hydrogens is 410 g/mol. The number of nitrogens with one attached hydrogen (secondary N) is 1. The van der Waals surface area contributed by atoms with Crippen LogP contribution in [0.25, 0.3) is 0 Å². The van der Waals surface area contributed by atoms with Crippen LogP contribution in [0.3, 0.4) is 0 Å². The molecule has 1 fully saturated rings. The Labute approximate surface area is 188 Å². The highest BCUT2D eigenvalue weighted by atomic mass is 16.5. The molecule has 1 saturated heterocycles. The Morgan fingerprint density at radius 1 is 1.16 bits per heavy atom. The van der Waals surface area contributed by atoms with Gasteiger partial charge in [0.15, 0.2) is 0 Å². The first-order valence-corrected chi connectivity index (χ1v) is 10.6. The summed E-state index contributed by atoms with van der Waals surface area (Å²) in [7, 11) is 3.67. The van der Waals surface area contributed by atoms with E-state index in [4.69, 9.17) is 15.6 Å². The van der Waals surface area contributed by atoms with Crippen LogP contribution >= 0.6 is 0 Å². The molecule has 3 rings (SSSR count). The van der Waals surface area contributed by atoms with Crippen LogP contribution in [0.1, 0.15) is 17.3 Å². The third kappa shape index (κ3) is 5.42. The minimum atomic E-state index is -0.798. The first-order chi connectivity index (χ1) is 15.3. The summed E-state index contributed by atoms with van der Waals surface area (Å²) >= 11 is 0. The highest BCUT2D eigenvalue weighted by molar-refractivity contribution is 6.02. The van der Waals surface area contributed by atoms with E-state index in [1.165, 1.54) is 0 Å². The number of carbonyl (C=O) groups is 2. The molecule has 0 bridgehead atoms. The van der Waals surface area contributed by atoms with Gasteiger partial charge in [-0.3, -0.25) is 9.69 Å². The van der Waals surface area contributed by atoms with Gasteiger partial charge in [-0.05, 0) is 37.3 Å². The van der Waals surface area contributed by atoms with Gasteiger partial charge in [-0.1, -0.05) is 6.07 Å². The Balaban J connectivity index is 1.78. The van der Waals surface area contributed by atoms with Crippen molar-refractivity contribution in [1.82, 2.24) is 4.90 Å². The number of nitrogen functional groups attached to an aromatic ring is 1. The third-order valence-corrected chi connectivity index (χ3v) is 5.38. The predicted octanol–water partition coefficient (Wildman–Crippen LogP) is 2.46. The lowest BCUT2D eigenvalue weighted by molar-refractivity contribution is -0.138. The number of ether oxygens (including phenoxy) is 1. The number of hydrogen-bond acceptors (Lipinski definition) is 8. The van der Waals surface area contributed by atoms with E-state index >= 15 is 0 Å². The van der Waals surface area contributed by atoms with E-state index in [1.807, 2.05) is 43.3 Å². The number of carboxylic acid groups (broad SMARTS) is 1. The van der Waals surface area contributed by atoms with E-state index in [9.17, 15) is 9.59 Å². The van der Waals surface area contributed by atoms with Gasteiger partial charge in [0.1, 0.15) is 0 Å². The molecule has 0 atom stereocenters. The number of rotatable bonds is 8. The maximum Gasteiger partial charge on any atom is 0.340 e. The SMILES string of the molecule is CCOC(=O)c1ccc(Nc2cccc(N3CCN(CC(=O)O)CC3)c2)c(N)c1N(C)C. The van der Waals surface area contributed by atoms with Crippen molar-refractivity contribution in [3.63, 3.8) is 0 Å². The number of aliphatic carboxylic acids is 1. The van der Waals surface area contributed by atoms with E-state index in [-0.39, 0.29) is 6.54 Å². The van der Waals surface area contributed by atoms with Crippen LogP contribution in [0, 0.1) is 0 Å². The summed E-state index contributed by atoms with van der Waals surface area (Å²) in [5, 5.41) is 12.3. The van der Waals surface area contributed by atoms with Gasteiger partial charge in [-0.2, -0.15) is 0 Å². The zero-order valence-electron chi connectivity index (χ0n) is 18.8. The molecule has 1 aliphatic rings. The molecule has 1 heterocycles. The molecular formula is C23H31N5O4. The lowest BCUT2D eigenvalue weighted by atomic mass is 10.1. The molecule has 2 aromatic rings. The molecule has 32 heavy (non-hydrogen) atoms. The number of nitrogens with two attached hydrogens (primary N) is 1. The van der Waals surface area contributed by atoms with Gasteiger partial charge in [0, 0.05) is 51.6 Å². The Bertz CT molecular complexity index is 971. The molecule has 0 spiro atoms. The minimum Gasteiger partial charge on any atom is -0.480 e. The molecule has 4 N–H and O–H groups in total. The maximum absolute atomic E-state index is 12.3. The van der Waals surface area contributed by atoms with E-state index in [2.05, 4.69) is 10.2 Å². The molecule has 172 valence electrons. The van der Waals surface area contributed by atoms with Crippen LogP contribution in [0.15, 0.2) is 36.4 Å². The van der Waals surface area contributed by atoms with Gasteiger partial charge in [0.05, 0.1) is 35.8 Å².